The molecule has 0 spiro atoms. The van der Waals surface area contributed by atoms with E-state index in [2.05, 4.69) is 35.1 Å². The average Bonchev–Trinajstić information content (AvgIpc) is 2.96. The SMILES string of the molecule is Cc1cc(-c2ccc(O)cc2)[nH]c2ccc3nccc3c12. The summed E-state index contributed by atoms with van der Waals surface area (Å²) in [4.78, 5) is 7.83. The van der Waals surface area contributed by atoms with Crippen LogP contribution in [0.15, 0.2) is 54.7 Å². The Hall–Kier alpha value is -2.81. The molecule has 0 bridgehead atoms. The Labute approximate surface area is 121 Å². The smallest absolute Gasteiger partial charge is 0.115 e. The Morgan fingerprint density at radius 1 is 1.00 bits per heavy atom. The van der Waals surface area contributed by atoms with E-state index in [1.54, 1.807) is 12.1 Å². The van der Waals surface area contributed by atoms with Gasteiger partial charge < -0.3 is 10.1 Å². The number of benzene rings is 2. The standard InChI is InChI=1S/C18H14N2O/c1-11-10-17(12-2-4-13(21)5-3-12)20-16-7-6-15-14(18(11)16)8-9-19-15/h2-10,20-21H,1H3. The predicted molar refractivity (Wildman–Crippen MR) is 85.4 cm³/mol. The van der Waals surface area contributed by atoms with Crippen molar-refractivity contribution in [3.05, 3.63) is 60.3 Å². The number of fused-ring (bicyclic) bond motifs is 3. The summed E-state index contributed by atoms with van der Waals surface area (Å²) in [5.41, 5.74) is 5.43. The molecule has 2 aromatic heterocycles. The molecule has 3 nitrogen and oxygen atoms in total. The van der Waals surface area contributed by atoms with Gasteiger partial charge in [-0.05, 0) is 66.6 Å². The van der Waals surface area contributed by atoms with Gasteiger partial charge in [0.1, 0.15) is 5.75 Å². The number of aromatic amines is 1. The number of H-pyrrole nitrogens is 1. The first-order valence-corrected chi connectivity index (χ1v) is 6.89. The van der Waals surface area contributed by atoms with Gasteiger partial charge in [-0.1, -0.05) is 0 Å². The molecule has 0 atom stereocenters. The maximum Gasteiger partial charge on any atom is 0.115 e. The van der Waals surface area contributed by atoms with Gasteiger partial charge in [-0.3, -0.25) is 4.98 Å². The molecule has 0 saturated heterocycles. The van der Waals surface area contributed by atoms with Gasteiger partial charge in [0, 0.05) is 28.2 Å². The maximum absolute atomic E-state index is 9.41. The van der Waals surface area contributed by atoms with Crippen LogP contribution in [0.4, 0.5) is 0 Å². The van der Waals surface area contributed by atoms with E-state index in [1.165, 1.54) is 16.3 Å². The first-order valence-electron chi connectivity index (χ1n) is 6.89. The van der Waals surface area contributed by atoms with E-state index < -0.39 is 0 Å². The molecule has 4 aromatic rings. The second-order valence-electron chi connectivity index (χ2n) is 5.28. The van der Waals surface area contributed by atoms with Crippen LogP contribution in [0.25, 0.3) is 33.1 Å². The topological polar surface area (TPSA) is 48.9 Å². The number of hydrogen-bond acceptors (Lipinski definition) is 2. The highest BCUT2D eigenvalue weighted by atomic mass is 16.3. The highest BCUT2D eigenvalue weighted by Crippen LogP contribution is 2.30. The third-order valence-electron chi connectivity index (χ3n) is 3.88. The summed E-state index contributed by atoms with van der Waals surface area (Å²) >= 11 is 0. The molecule has 2 N–H and O–H groups in total. The van der Waals surface area contributed by atoms with E-state index in [9.17, 15) is 5.11 Å². The van der Waals surface area contributed by atoms with Crippen LogP contribution in [0, 0.1) is 6.92 Å². The molecule has 2 heterocycles. The van der Waals surface area contributed by atoms with Crippen LogP contribution in [0.3, 0.4) is 0 Å². The third kappa shape index (κ3) is 1.86. The van der Waals surface area contributed by atoms with Crippen molar-refractivity contribution in [2.24, 2.45) is 0 Å². The number of rotatable bonds is 1. The fourth-order valence-corrected chi connectivity index (χ4v) is 2.88. The molecule has 0 unspecified atom stereocenters. The first kappa shape index (κ1) is 12.0. The molecule has 0 aliphatic rings. The van der Waals surface area contributed by atoms with E-state index in [-0.39, 0.29) is 5.75 Å². The Bertz CT molecular complexity index is 952. The van der Waals surface area contributed by atoms with Gasteiger partial charge in [0.2, 0.25) is 0 Å². The highest BCUT2D eigenvalue weighted by molar-refractivity contribution is 6.07. The van der Waals surface area contributed by atoms with Gasteiger partial charge >= 0.3 is 0 Å². The van der Waals surface area contributed by atoms with Crippen LogP contribution in [-0.4, -0.2) is 15.1 Å². The van der Waals surface area contributed by atoms with Crippen molar-refractivity contribution in [1.29, 1.82) is 0 Å². The van der Waals surface area contributed by atoms with Crippen LogP contribution < -0.4 is 0 Å². The second kappa shape index (κ2) is 4.35. The molecule has 0 radical (unpaired) electrons. The Morgan fingerprint density at radius 2 is 1.81 bits per heavy atom. The van der Waals surface area contributed by atoms with Crippen LogP contribution >= 0.6 is 0 Å². The van der Waals surface area contributed by atoms with Crippen molar-refractivity contribution in [2.75, 3.05) is 0 Å². The fourth-order valence-electron chi connectivity index (χ4n) is 2.88. The molecule has 102 valence electrons. The summed E-state index contributed by atoms with van der Waals surface area (Å²) in [5.74, 6) is 0.279. The molecule has 0 fully saturated rings. The third-order valence-corrected chi connectivity index (χ3v) is 3.88. The average molecular weight is 274 g/mol. The lowest BCUT2D eigenvalue weighted by Gasteiger charge is -2.09. The molecule has 3 heteroatoms. The van der Waals surface area contributed by atoms with Gasteiger partial charge in [-0.2, -0.15) is 0 Å². The summed E-state index contributed by atoms with van der Waals surface area (Å²) < 4.78 is 0. The van der Waals surface area contributed by atoms with Crippen LogP contribution in [0.2, 0.25) is 0 Å². The normalized spacial score (nSPS) is 11.3. The zero-order valence-corrected chi connectivity index (χ0v) is 11.6. The monoisotopic (exact) mass is 274 g/mol. The molecule has 0 saturated carbocycles. The van der Waals surface area contributed by atoms with Gasteiger partial charge in [0.15, 0.2) is 0 Å². The van der Waals surface area contributed by atoms with Gasteiger partial charge in [-0.25, -0.2) is 0 Å². The van der Waals surface area contributed by atoms with Crippen LogP contribution in [-0.2, 0) is 0 Å². The van der Waals surface area contributed by atoms with Crippen molar-refractivity contribution in [1.82, 2.24) is 9.97 Å². The largest absolute Gasteiger partial charge is 0.508 e. The number of nitrogens with zero attached hydrogens (tertiary/aromatic N) is 1. The minimum absolute atomic E-state index is 0.279. The molecule has 21 heavy (non-hydrogen) atoms. The Kier molecular flexibility index (Phi) is 2.48. The van der Waals surface area contributed by atoms with E-state index in [4.69, 9.17) is 0 Å². The number of nitrogens with one attached hydrogen (secondary N) is 1. The lowest BCUT2D eigenvalue weighted by molar-refractivity contribution is 0.475. The van der Waals surface area contributed by atoms with Crippen LogP contribution in [0.1, 0.15) is 5.56 Å². The molecule has 0 aliphatic carbocycles. The zero-order valence-electron chi connectivity index (χ0n) is 11.6. The number of aryl methyl sites for hydroxylation is 1. The first-order chi connectivity index (χ1) is 10.2. The summed E-state index contributed by atoms with van der Waals surface area (Å²) in [6.07, 6.45) is 1.84. The molecule has 4 rings (SSSR count). The molecule has 0 aliphatic heterocycles. The second-order valence-corrected chi connectivity index (χ2v) is 5.28. The van der Waals surface area contributed by atoms with Crippen molar-refractivity contribution >= 4 is 21.8 Å². The minimum Gasteiger partial charge on any atom is -0.508 e. The molecule has 0 amide bonds. The number of aromatic hydroxyl groups is 1. The predicted octanol–water partition coefficient (Wildman–Crippen LogP) is 4.40. The lowest BCUT2D eigenvalue weighted by Crippen LogP contribution is -1.89. The maximum atomic E-state index is 9.41. The number of phenolic OH excluding ortho intramolecular Hbond substituents is 1. The van der Waals surface area contributed by atoms with E-state index in [0.29, 0.717) is 0 Å². The van der Waals surface area contributed by atoms with Gasteiger partial charge in [0.05, 0.1) is 5.52 Å². The van der Waals surface area contributed by atoms with Crippen molar-refractivity contribution in [3.63, 3.8) is 0 Å². The number of phenols is 1. The fraction of sp³-hybridized carbons (Fsp3) is 0.0556. The van der Waals surface area contributed by atoms with Crippen LogP contribution in [0.5, 0.6) is 5.75 Å². The Balaban J connectivity index is 2.00. The molecular formula is C18H14N2O. The highest BCUT2D eigenvalue weighted by Gasteiger charge is 2.08. The minimum atomic E-state index is 0.279. The summed E-state index contributed by atoms with van der Waals surface area (Å²) in [7, 11) is 0. The van der Waals surface area contributed by atoms with E-state index in [0.717, 1.165) is 22.3 Å². The summed E-state index contributed by atoms with van der Waals surface area (Å²) in [5, 5.41) is 11.8. The van der Waals surface area contributed by atoms with E-state index >= 15 is 0 Å². The van der Waals surface area contributed by atoms with Gasteiger partial charge in [-0.15, -0.1) is 0 Å². The summed E-state index contributed by atoms with van der Waals surface area (Å²) in [6.45, 7) is 2.12. The lowest BCUT2D eigenvalue weighted by atomic mass is 10.0. The molecule has 2 aromatic carbocycles. The molecular weight excluding hydrogens is 260 g/mol. The number of pyridine rings is 1. The van der Waals surface area contributed by atoms with E-state index in [1.807, 2.05) is 24.4 Å². The van der Waals surface area contributed by atoms with Crippen molar-refractivity contribution in [3.8, 4) is 17.0 Å². The number of aromatic nitrogens is 2. The van der Waals surface area contributed by atoms with Crippen molar-refractivity contribution < 1.29 is 5.11 Å². The Morgan fingerprint density at radius 3 is 2.62 bits per heavy atom. The quantitative estimate of drug-likeness (QED) is 0.540. The number of hydrogen-bond donors (Lipinski definition) is 2. The van der Waals surface area contributed by atoms with Crippen molar-refractivity contribution in [2.45, 2.75) is 6.92 Å². The van der Waals surface area contributed by atoms with Gasteiger partial charge in [0.25, 0.3) is 0 Å². The summed E-state index contributed by atoms with van der Waals surface area (Å²) in [6, 6.07) is 15.5. The zero-order chi connectivity index (χ0) is 14.4.